The summed E-state index contributed by atoms with van der Waals surface area (Å²) in [6, 6.07) is 0. The van der Waals surface area contributed by atoms with Crippen LogP contribution in [0.15, 0.2) is 0 Å². The quantitative estimate of drug-likeness (QED) is 0.469. The standard InChI is InChI=1S/C8H18P2S/c1-8(2)6-4-3-5-7-11(9)10/h8-9H,3-7H2,1-2H3. The summed E-state index contributed by atoms with van der Waals surface area (Å²) in [5.74, 6) is 2.09. The Bertz CT molecular complexity index is 191. The first-order chi connectivity index (χ1) is 5.13. The van der Waals surface area contributed by atoms with E-state index in [9.17, 15) is 0 Å². The molecule has 0 aromatic heterocycles. The van der Waals surface area contributed by atoms with E-state index in [-0.39, 0.29) is 9.05 Å². The van der Waals surface area contributed by atoms with E-state index in [1.165, 1.54) is 31.4 Å². The van der Waals surface area contributed by atoms with Gasteiger partial charge in [-0.1, -0.05) is 0 Å². The molecule has 0 aliphatic heterocycles. The molecule has 11 heavy (non-hydrogen) atoms. The van der Waals surface area contributed by atoms with Crippen LogP contribution in [0.4, 0.5) is 0 Å². The van der Waals surface area contributed by atoms with Gasteiger partial charge in [0.25, 0.3) is 0 Å². The zero-order valence-corrected chi connectivity index (χ0v) is 10.2. The third kappa shape index (κ3) is 10.9. The molecule has 0 radical (unpaired) electrons. The minimum absolute atomic E-state index is 0.170. The van der Waals surface area contributed by atoms with Crippen LogP contribution in [0.2, 0.25) is 0 Å². The molecule has 0 N–H and O–H groups in total. The maximum atomic E-state index is 4.28. The normalized spacial score (nSPS) is 10.4. The van der Waals surface area contributed by atoms with E-state index in [1.807, 2.05) is 0 Å². The van der Waals surface area contributed by atoms with Gasteiger partial charge >= 0.3 is 76.1 Å². The summed E-state index contributed by atoms with van der Waals surface area (Å²) in [5.41, 5.74) is 0. The molecule has 0 aliphatic rings. The fourth-order valence-electron chi connectivity index (χ4n) is 0.968. The van der Waals surface area contributed by atoms with Crippen LogP contribution in [0.3, 0.4) is 0 Å². The molecule has 0 aromatic carbocycles. The first-order valence-corrected chi connectivity index (χ1v) is 7.91. The van der Waals surface area contributed by atoms with Crippen molar-refractivity contribution in [3.05, 3.63) is 0 Å². The molecule has 0 aromatic rings. The van der Waals surface area contributed by atoms with Crippen molar-refractivity contribution in [2.45, 2.75) is 39.5 Å². The van der Waals surface area contributed by atoms with E-state index < -0.39 is 0 Å². The van der Waals surface area contributed by atoms with E-state index in [0.717, 1.165) is 5.92 Å². The Labute approximate surface area is 76.4 Å². The first-order valence-electron chi connectivity index (χ1n) is 4.24. The fourth-order valence-corrected chi connectivity index (χ4v) is 2.27. The third-order valence-electron chi connectivity index (χ3n) is 1.62. The van der Waals surface area contributed by atoms with Crippen LogP contribution < -0.4 is 0 Å². The van der Waals surface area contributed by atoms with E-state index in [1.54, 1.807) is 0 Å². The maximum absolute atomic E-state index is 4.28. The van der Waals surface area contributed by atoms with E-state index in [0.29, 0.717) is 0 Å². The van der Waals surface area contributed by atoms with E-state index >= 15 is 0 Å². The first kappa shape index (κ1) is 11.9. The van der Waals surface area contributed by atoms with Gasteiger partial charge < -0.3 is 0 Å². The van der Waals surface area contributed by atoms with Gasteiger partial charge in [-0.3, -0.25) is 0 Å². The Morgan fingerprint density at radius 3 is 2.36 bits per heavy atom. The SMILES string of the molecule is CC(C)CCCCCS(#P)=P. The van der Waals surface area contributed by atoms with Crippen molar-refractivity contribution in [2.75, 3.05) is 5.75 Å². The second kappa shape index (κ2) is 7.59. The zero-order valence-electron chi connectivity index (χ0n) is 7.47. The molecule has 0 amide bonds. The van der Waals surface area contributed by atoms with Gasteiger partial charge in [0, 0.05) is 0 Å². The van der Waals surface area contributed by atoms with Crippen molar-refractivity contribution in [2.24, 2.45) is 5.92 Å². The summed E-state index contributed by atoms with van der Waals surface area (Å²) in [5, 5.41) is 0. The van der Waals surface area contributed by atoms with Crippen LogP contribution in [-0.2, 0) is 9.05 Å². The molecular weight excluding hydrogens is 190 g/mol. The van der Waals surface area contributed by atoms with Crippen molar-refractivity contribution in [3.63, 3.8) is 0 Å². The van der Waals surface area contributed by atoms with Crippen LogP contribution in [0.5, 0.6) is 0 Å². The molecule has 0 fully saturated rings. The summed E-state index contributed by atoms with van der Waals surface area (Å²) < 4.78 is 0. The second-order valence-corrected chi connectivity index (χ2v) is 8.28. The monoisotopic (exact) mass is 208 g/mol. The van der Waals surface area contributed by atoms with E-state index in [2.05, 4.69) is 29.7 Å². The predicted molar refractivity (Wildman–Crippen MR) is 60.8 cm³/mol. The van der Waals surface area contributed by atoms with Gasteiger partial charge in [0.1, 0.15) is 0 Å². The molecule has 3 heteroatoms. The van der Waals surface area contributed by atoms with Gasteiger partial charge in [-0.15, -0.1) is 0 Å². The molecule has 0 heterocycles. The third-order valence-corrected chi connectivity index (χ3v) is 3.45. The summed E-state index contributed by atoms with van der Waals surface area (Å²) in [7, 11) is 7.95. The van der Waals surface area contributed by atoms with Crippen molar-refractivity contribution in [1.82, 2.24) is 0 Å². The van der Waals surface area contributed by atoms with Crippen LogP contribution in [0, 0.1) is 5.92 Å². The molecule has 0 spiro atoms. The number of hydrogen-bond acceptors (Lipinski definition) is 0. The molecular formula is C8H18P2S. The summed E-state index contributed by atoms with van der Waals surface area (Å²) in [4.78, 5) is 0. The van der Waals surface area contributed by atoms with Crippen molar-refractivity contribution >= 4 is 24.9 Å². The molecule has 0 atom stereocenters. The second-order valence-electron chi connectivity index (χ2n) is 3.31. The Balaban J connectivity index is 3.05. The summed E-state index contributed by atoms with van der Waals surface area (Å²) in [6.45, 7) is 4.57. The van der Waals surface area contributed by atoms with Crippen LogP contribution in [0.25, 0.3) is 0 Å². The topological polar surface area (TPSA) is 0 Å². The van der Waals surface area contributed by atoms with Gasteiger partial charge in [-0.25, -0.2) is 0 Å². The number of unbranched alkanes of at least 4 members (excludes halogenated alkanes) is 2. The predicted octanol–water partition coefficient (Wildman–Crippen LogP) is 4.20. The van der Waals surface area contributed by atoms with Gasteiger partial charge in [-0.05, 0) is 0 Å². The van der Waals surface area contributed by atoms with Crippen molar-refractivity contribution in [3.8, 4) is 0 Å². The Morgan fingerprint density at radius 2 is 1.91 bits per heavy atom. The van der Waals surface area contributed by atoms with Gasteiger partial charge in [0.05, 0.1) is 0 Å². The van der Waals surface area contributed by atoms with Crippen molar-refractivity contribution in [1.29, 1.82) is 0 Å². The van der Waals surface area contributed by atoms with E-state index in [4.69, 9.17) is 0 Å². The molecule has 0 nitrogen and oxygen atoms in total. The Morgan fingerprint density at radius 1 is 1.27 bits per heavy atom. The van der Waals surface area contributed by atoms with Crippen LogP contribution in [0.1, 0.15) is 39.5 Å². The van der Waals surface area contributed by atoms with Crippen LogP contribution >= 0.6 is 15.8 Å². The molecule has 0 rings (SSSR count). The molecule has 66 valence electrons. The molecule has 0 saturated carbocycles. The van der Waals surface area contributed by atoms with Gasteiger partial charge in [0.15, 0.2) is 0 Å². The number of rotatable bonds is 5. The fraction of sp³-hybridized carbons (Fsp3) is 1.00. The summed E-state index contributed by atoms with van der Waals surface area (Å²) in [6.07, 6.45) is 5.45. The molecule has 0 aliphatic carbocycles. The Kier molecular flexibility index (Phi) is 8.25. The molecule has 0 bridgehead atoms. The molecule has 0 saturated heterocycles. The number of hydrogen-bond donors (Lipinski definition) is 0. The van der Waals surface area contributed by atoms with Gasteiger partial charge in [0.2, 0.25) is 0 Å². The minimum atomic E-state index is 0.170. The Hall–Kier alpha value is 0.950. The average Bonchev–Trinajstić information content (AvgIpc) is 1.85. The molecule has 0 unspecified atom stereocenters. The zero-order chi connectivity index (χ0) is 8.69. The van der Waals surface area contributed by atoms with Gasteiger partial charge in [-0.2, -0.15) is 0 Å². The van der Waals surface area contributed by atoms with Crippen LogP contribution in [-0.4, -0.2) is 5.75 Å². The van der Waals surface area contributed by atoms with Crippen molar-refractivity contribution < 1.29 is 0 Å². The average molecular weight is 208 g/mol. The summed E-state index contributed by atoms with van der Waals surface area (Å²) >= 11 is 0.